The Morgan fingerprint density at radius 3 is 3.09 bits per heavy atom. The van der Waals surface area contributed by atoms with Gasteiger partial charge in [-0.2, -0.15) is 0 Å². The maximum Gasteiger partial charge on any atom is 0.277 e. The molecule has 22 heavy (non-hydrogen) atoms. The zero-order chi connectivity index (χ0) is 15.1. The van der Waals surface area contributed by atoms with Crippen molar-refractivity contribution in [2.24, 2.45) is 0 Å². The second-order valence-corrected chi connectivity index (χ2v) is 5.44. The largest absolute Gasteiger partial charge is 0.489 e. The predicted octanol–water partition coefficient (Wildman–Crippen LogP) is 1.08. The third-order valence-electron chi connectivity index (χ3n) is 3.81. The number of carbonyl (C=O) groups is 1. The highest BCUT2D eigenvalue weighted by atomic mass is 16.5. The Hall–Kier alpha value is -2.70. The maximum absolute atomic E-state index is 12.7. The van der Waals surface area contributed by atoms with E-state index >= 15 is 0 Å². The monoisotopic (exact) mass is 298 g/mol. The van der Waals surface area contributed by atoms with E-state index in [4.69, 9.17) is 4.74 Å². The summed E-state index contributed by atoms with van der Waals surface area (Å²) in [5.74, 6) is 1.20. The van der Waals surface area contributed by atoms with Crippen LogP contribution in [0.1, 0.15) is 35.1 Å². The molecule has 0 atom stereocenters. The quantitative estimate of drug-likeness (QED) is 0.896. The van der Waals surface area contributed by atoms with Crippen LogP contribution in [0.2, 0.25) is 0 Å². The van der Waals surface area contributed by atoms with Gasteiger partial charge in [0.2, 0.25) is 0 Å². The number of hydrogen-bond acceptors (Lipinski definition) is 5. The van der Waals surface area contributed by atoms with E-state index in [9.17, 15) is 9.59 Å². The molecule has 1 N–H and O–H groups in total. The average molecular weight is 298 g/mol. The summed E-state index contributed by atoms with van der Waals surface area (Å²) in [4.78, 5) is 37.2. The number of ether oxygens (including phenoxy) is 1. The molecule has 1 aliphatic carbocycles. The molecule has 7 heteroatoms. The zero-order valence-electron chi connectivity index (χ0n) is 11.8. The second kappa shape index (κ2) is 4.94. The molecule has 7 nitrogen and oxygen atoms in total. The van der Waals surface area contributed by atoms with E-state index in [2.05, 4.69) is 15.0 Å². The normalized spacial score (nSPS) is 16.8. The maximum atomic E-state index is 12.7. The lowest BCUT2D eigenvalue weighted by atomic mass is 10.2. The van der Waals surface area contributed by atoms with E-state index in [0.29, 0.717) is 30.4 Å². The van der Waals surface area contributed by atoms with Crippen molar-refractivity contribution in [3.8, 4) is 5.75 Å². The van der Waals surface area contributed by atoms with Crippen molar-refractivity contribution in [2.75, 3.05) is 18.1 Å². The van der Waals surface area contributed by atoms with Crippen LogP contribution in [-0.2, 0) is 0 Å². The first kappa shape index (κ1) is 13.0. The zero-order valence-corrected chi connectivity index (χ0v) is 11.8. The van der Waals surface area contributed by atoms with Gasteiger partial charge < -0.3 is 9.72 Å². The first-order valence-electron chi connectivity index (χ1n) is 7.22. The van der Waals surface area contributed by atoms with Gasteiger partial charge in [0.1, 0.15) is 29.6 Å². The highest BCUT2D eigenvalue weighted by Crippen LogP contribution is 2.37. The standard InChI is InChI=1S/C15H14N4O3/c20-13-7-10(17-14(18-13)9-1-2-9)15(21)19-5-6-22-12-3-4-16-8-11(12)19/h3-4,7-9H,1-2,5-6H2,(H,17,18,20). The molecule has 2 aliphatic rings. The number of aromatic nitrogens is 3. The first-order valence-corrected chi connectivity index (χ1v) is 7.22. The van der Waals surface area contributed by atoms with Gasteiger partial charge in [0.15, 0.2) is 0 Å². The summed E-state index contributed by atoms with van der Waals surface area (Å²) < 4.78 is 5.51. The van der Waals surface area contributed by atoms with E-state index in [-0.39, 0.29) is 23.1 Å². The number of amides is 1. The molecule has 1 saturated carbocycles. The number of rotatable bonds is 2. The van der Waals surface area contributed by atoms with Crippen LogP contribution < -0.4 is 15.2 Å². The second-order valence-electron chi connectivity index (χ2n) is 5.44. The molecule has 0 bridgehead atoms. The molecule has 2 aromatic heterocycles. The number of H-pyrrole nitrogens is 1. The summed E-state index contributed by atoms with van der Waals surface area (Å²) in [5.41, 5.74) is 0.482. The molecular weight excluding hydrogens is 284 g/mol. The highest BCUT2D eigenvalue weighted by molar-refractivity contribution is 6.05. The van der Waals surface area contributed by atoms with E-state index in [0.717, 1.165) is 12.8 Å². The van der Waals surface area contributed by atoms with Crippen molar-refractivity contribution in [1.29, 1.82) is 0 Å². The summed E-state index contributed by atoms with van der Waals surface area (Å²) in [6.07, 6.45) is 5.21. The number of pyridine rings is 1. The van der Waals surface area contributed by atoms with Crippen LogP contribution in [0.5, 0.6) is 5.75 Å². The molecular formula is C15H14N4O3. The number of carbonyl (C=O) groups excluding carboxylic acids is 1. The minimum Gasteiger partial charge on any atom is -0.489 e. The van der Waals surface area contributed by atoms with Gasteiger partial charge in [-0.1, -0.05) is 0 Å². The minimum absolute atomic E-state index is 0.169. The van der Waals surface area contributed by atoms with Crippen molar-refractivity contribution in [3.63, 3.8) is 0 Å². The molecule has 0 saturated heterocycles. The molecule has 3 heterocycles. The molecule has 112 valence electrons. The molecule has 1 aliphatic heterocycles. The number of hydrogen-bond donors (Lipinski definition) is 1. The van der Waals surface area contributed by atoms with Crippen molar-refractivity contribution in [1.82, 2.24) is 15.0 Å². The van der Waals surface area contributed by atoms with Gasteiger partial charge in [0.05, 0.1) is 12.7 Å². The molecule has 2 aromatic rings. The SMILES string of the molecule is O=C(c1cc(=O)[nH]c(C2CC2)n1)N1CCOc2ccncc21. The van der Waals surface area contributed by atoms with Gasteiger partial charge in [-0.3, -0.25) is 19.5 Å². The van der Waals surface area contributed by atoms with Crippen LogP contribution in [0.25, 0.3) is 0 Å². The van der Waals surface area contributed by atoms with Gasteiger partial charge in [-0.05, 0) is 12.8 Å². The van der Waals surface area contributed by atoms with Crippen LogP contribution in [0.3, 0.4) is 0 Å². The Kier molecular flexibility index (Phi) is 2.92. The lowest BCUT2D eigenvalue weighted by Gasteiger charge is -2.28. The van der Waals surface area contributed by atoms with E-state index < -0.39 is 0 Å². The Balaban J connectivity index is 1.72. The summed E-state index contributed by atoms with van der Waals surface area (Å²) in [6.45, 7) is 0.812. The molecule has 1 fully saturated rings. The smallest absolute Gasteiger partial charge is 0.277 e. The fourth-order valence-corrected chi connectivity index (χ4v) is 2.55. The van der Waals surface area contributed by atoms with Crippen molar-refractivity contribution in [3.05, 3.63) is 46.4 Å². The van der Waals surface area contributed by atoms with Gasteiger partial charge in [0, 0.05) is 24.2 Å². The average Bonchev–Trinajstić information content (AvgIpc) is 3.38. The Morgan fingerprint density at radius 1 is 1.41 bits per heavy atom. The fourth-order valence-electron chi connectivity index (χ4n) is 2.55. The van der Waals surface area contributed by atoms with Gasteiger partial charge in [-0.25, -0.2) is 4.98 Å². The fraction of sp³-hybridized carbons (Fsp3) is 0.333. The van der Waals surface area contributed by atoms with E-state index in [1.165, 1.54) is 6.07 Å². The molecule has 0 spiro atoms. The van der Waals surface area contributed by atoms with E-state index in [1.807, 2.05) is 0 Å². The molecule has 1 amide bonds. The number of nitrogens with zero attached hydrogens (tertiary/aromatic N) is 3. The minimum atomic E-state index is -0.300. The van der Waals surface area contributed by atoms with E-state index in [1.54, 1.807) is 23.4 Å². The van der Waals surface area contributed by atoms with Crippen molar-refractivity contribution in [2.45, 2.75) is 18.8 Å². The van der Waals surface area contributed by atoms with Crippen molar-refractivity contribution >= 4 is 11.6 Å². The lowest BCUT2D eigenvalue weighted by molar-refractivity contribution is 0.0971. The Bertz CT molecular complexity index is 797. The molecule has 0 radical (unpaired) electrons. The van der Waals surface area contributed by atoms with Crippen molar-refractivity contribution < 1.29 is 9.53 Å². The highest BCUT2D eigenvalue weighted by Gasteiger charge is 2.30. The number of anilines is 1. The number of fused-ring (bicyclic) bond motifs is 1. The van der Waals surface area contributed by atoms with Crippen LogP contribution in [-0.4, -0.2) is 34.0 Å². The summed E-state index contributed by atoms with van der Waals surface area (Å²) in [6, 6.07) is 2.97. The van der Waals surface area contributed by atoms with Gasteiger partial charge in [0.25, 0.3) is 11.5 Å². The third-order valence-corrected chi connectivity index (χ3v) is 3.81. The summed E-state index contributed by atoms with van der Waals surface area (Å²) in [5, 5.41) is 0. The Labute approximate surface area is 126 Å². The number of nitrogens with one attached hydrogen (secondary N) is 1. The molecule has 4 rings (SSSR count). The summed E-state index contributed by atoms with van der Waals surface area (Å²) >= 11 is 0. The van der Waals surface area contributed by atoms with Crippen LogP contribution in [0.15, 0.2) is 29.3 Å². The Morgan fingerprint density at radius 2 is 2.27 bits per heavy atom. The number of aromatic amines is 1. The summed E-state index contributed by atoms with van der Waals surface area (Å²) in [7, 11) is 0. The molecule has 0 aromatic carbocycles. The van der Waals surface area contributed by atoms with Crippen LogP contribution >= 0.6 is 0 Å². The van der Waals surface area contributed by atoms with Crippen LogP contribution in [0.4, 0.5) is 5.69 Å². The third kappa shape index (κ3) is 2.24. The lowest BCUT2D eigenvalue weighted by Crippen LogP contribution is -2.39. The predicted molar refractivity (Wildman–Crippen MR) is 78.2 cm³/mol. The van der Waals surface area contributed by atoms with Crippen LogP contribution in [0, 0.1) is 0 Å². The van der Waals surface area contributed by atoms with Gasteiger partial charge in [-0.15, -0.1) is 0 Å². The topological polar surface area (TPSA) is 88.2 Å². The van der Waals surface area contributed by atoms with Gasteiger partial charge >= 0.3 is 0 Å². The molecule has 0 unspecified atom stereocenters. The first-order chi connectivity index (χ1) is 10.7.